The van der Waals surface area contributed by atoms with Crippen molar-refractivity contribution in [3.8, 4) is 0 Å². The molecule has 0 aromatic carbocycles. The van der Waals surface area contributed by atoms with Crippen molar-refractivity contribution in [2.45, 2.75) is 55.9 Å². The molecular weight excluding hydrogens is 290 g/mol. The number of thiazole rings is 1. The van der Waals surface area contributed by atoms with Gasteiger partial charge in [0.2, 0.25) is 0 Å². The zero-order chi connectivity index (χ0) is 13.9. The van der Waals surface area contributed by atoms with Gasteiger partial charge in [-0.1, -0.05) is 0 Å². The van der Waals surface area contributed by atoms with Crippen molar-refractivity contribution in [3.63, 3.8) is 0 Å². The minimum atomic E-state index is -0.0577. The maximum Gasteiger partial charge on any atom is 0.315 e. The Hall–Kier alpha value is -0.750. The second-order valence-corrected chi connectivity index (χ2v) is 7.67. The van der Waals surface area contributed by atoms with Gasteiger partial charge in [-0.15, -0.1) is 11.3 Å². The van der Waals surface area contributed by atoms with E-state index in [4.69, 9.17) is 0 Å². The summed E-state index contributed by atoms with van der Waals surface area (Å²) < 4.78 is 0. The van der Waals surface area contributed by atoms with Crippen molar-refractivity contribution < 1.29 is 4.79 Å². The molecule has 1 aromatic heterocycles. The lowest BCUT2D eigenvalue weighted by molar-refractivity contribution is 0.236. The molecule has 0 saturated heterocycles. The minimum Gasteiger partial charge on any atom is -0.335 e. The predicted octanol–water partition coefficient (Wildman–Crippen LogP) is 3.10. The number of rotatable bonds is 5. The Morgan fingerprint density at radius 2 is 2.30 bits per heavy atom. The summed E-state index contributed by atoms with van der Waals surface area (Å²) in [5.74, 6) is 0.699. The number of hydrogen-bond acceptors (Lipinski definition) is 4. The third-order valence-electron chi connectivity index (χ3n) is 3.98. The molecule has 4 nitrogen and oxygen atoms in total. The van der Waals surface area contributed by atoms with E-state index < -0.39 is 0 Å². The smallest absolute Gasteiger partial charge is 0.315 e. The first-order valence-electron chi connectivity index (χ1n) is 7.26. The van der Waals surface area contributed by atoms with Crippen LogP contribution in [0.4, 0.5) is 4.79 Å². The van der Waals surface area contributed by atoms with Gasteiger partial charge in [-0.2, -0.15) is 11.8 Å². The highest BCUT2D eigenvalue weighted by Gasteiger charge is 2.27. The molecule has 2 aliphatic carbocycles. The Kier molecular flexibility index (Phi) is 4.51. The fourth-order valence-corrected chi connectivity index (χ4v) is 4.40. The van der Waals surface area contributed by atoms with Crippen LogP contribution in [0.1, 0.15) is 48.7 Å². The van der Waals surface area contributed by atoms with Crippen LogP contribution in [0.15, 0.2) is 5.38 Å². The fourth-order valence-electron chi connectivity index (χ4n) is 2.61. The van der Waals surface area contributed by atoms with Crippen molar-refractivity contribution in [1.82, 2.24) is 15.6 Å². The molecule has 110 valence electrons. The molecule has 2 atom stereocenters. The van der Waals surface area contributed by atoms with Crippen LogP contribution in [0.2, 0.25) is 0 Å². The number of carbonyl (C=O) groups excluding carboxylic acids is 1. The SMILES string of the molecule is CS[C@H]1CC[C@@H](NC(=O)NCc2csc(C3CC3)n2)C1. The molecule has 3 rings (SSSR count). The van der Waals surface area contributed by atoms with Crippen LogP contribution in [0.3, 0.4) is 0 Å². The number of carbonyl (C=O) groups is 1. The van der Waals surface area contributed by atoms with Gasteiger partial charge in [0.05, 0.1) is 17.2 Å². The molecule has 0 radical (unpaired) electrons. The van der Waals surface area contributed by atoms with Crippen molar-refractivity contribution >= 4 is 29.1 Å². The Labute approximate surface area is 128 Å². The molecule has 2 amide bonds. The van der Waals surface area contributed by atoms with Crippen LogP contribution >= 0.6 is 23.1 Å². The second-order valence-electron chi connectivity index (χ2n) is 5.65. The topological polar surface area (TPSA) is 54.0 Å². The normalized spacial score (nSPS) is 25.6. The number of aromatic nitrogens is 1. The highest BCUT2D eigenvalue weighted by atomic mass is 32.2. The number of urea groups is 1. The van der Waals surface area contributed by atoms with E-state index in [1.807, 2.05) is 11.8 Å². The Morgan fingerprint density at radius 1 is 1.45 bits per heavy atom. The van der Waals surface area contributed by atoms with E-state index in [0.717, 1.165) is 18.5 Å². The Morgan fingerprint density at radius 3 is 3.00 bits per heavy atom. The van der Waals surface area contributed by atoms with E-state index in [1.54, 1.807) is 11.3 Å². The Bertz CT molecular complexity index is 473. The summed E-state index contributed by atoms with van der Waals surface area (Å²) in [5.41, 5.74) is 0.987. The number of hydrogen-bond donors (Lipinski definition) is 2. The molecule has 2 aliphatic rings. The number of amides is 2. The van der Waals surface area contributed by atoms with E-state index in [0.29, 0.717) is 23.8 Å². The molecule has 1 heterocycles. The van der Waals surface area contributed by atoms with Gasteiger partial charge in [0.15, 0.2) is 0 Å². The summed E-state index contributed by atoms with van der Waals surface area (Å²) in [4.78, 5) is 16.4. The van der Waals surface area contributed by atoms with Gasteiger partial charge in [0, 0.05) is 22.6 Å². The van der Waals surface area contributed by atoms with Crippen LogP contribution in [-0.2, 0) is 6.54 Å². The summed E-state index contributed by atoms with van der Waals surface area (Å²) in [6.07, 6.45) is 8.10. The Balaban J connectivity index is 1.40. The monoisotopic (exact) mass is 311 g/mol. The quantitative estimate of drug-likeness (QED) is 0.878. The first kappa shape index (κ1) is 14.2. The van der Waals surface area contributed by atoms with E-state index in [9.17, 15) is 4.79 Å². The van der Waals surface area contributed by atoms with Gasteiger partial charge in [-0.05, 0) is 38.4 Å². The first-order valence-corrected chi connectivity index (χ1v) is 9.43. The largest absolute Gasteiger partial charge is 0.335 e. The van der Waals surface area contributed by atoms with E-state index in [2.05, 4.69) is 27.3 Å². The van der Waals surface area contributed by atoms with Gasteiger partial charge in [-0.3, -0.25) is 0 Å². The third kappa shape index (κ3) is 3.67. The van der Waals surface area contributed by atoms with Crippen LogP contribution < -0.4 is 10.6 Å². The van der Waals surface area contributed by atoms with Gasteiger partial charge < -0.3 is 10.6 Å². The molecule has 0 unspecified atom stereocenters. The standard InChI is InChI=1S/C14H21N3OS2/c1-19-12-5-4-10(6-12)17-14(18)15-7-11-8-20-13(16-11)9-2-3-9/h8-10,12H,2-7H2,1H3,(H2,15,17,18)/t10-,12+/m1/s1. The average Bonchev–Trinajstić information content (AvgIpc) is 3.02. The van der Waals surface area contributed by atoms with Gasteiger partial charge in [-0.25, -0.2) is 9.78 Å². The van der Waals surface area contributed by atoms with Crippen molar-refractivity contribution in [1.29, 1.82) is 0 Å². The second kappa shape index (κ2) is 6.35. The lowest BCUT2D eigenvalue weighted by atomic mass is 10.2. The molecular formula is C14H21N3OS2. The molecule has 2 saturated carbocycles. The predicted molar refractivity (Wildman–Crippen MR) is 84.4 cm³/mol. The highest BCUT2D eigenvalue weighted by Crippen LogP contribution is 2.41. The van der Waals surface area contributed by atoms with Gasteiger partial charge in [0.1, 0.15) is 0 Å². The van der Waals surface area contributed by atoms with Crippen molar-refractivity contribution in [2.24, 2.45) is 0 Å². The fraction of sp³-hybridized carbons (Fsp3) is 0.714. The molecule has 20 heavy (non-hydrogen) atoms. The van der Waals surface area contributed by atoms with Gasteiger partial charge >= 0.3 is 6.03 Å². The molecule has 0 spiro atoms. The van der Waals surface area contributed by atoms with E-state index in [1.165, 1.54) is 24.3 Å². The zero-order valence-corrected chi connectivity index (χ0v) is 13.4. The molecule has 1 aromatic rings. The zero-order valence-electron chi connectivity index (χ0n) is 11.7. The third-order valence-corrected chi connectivity index (χ3v) is 6.13. The first-order chi connectivity index (χ1) is 9.74. The maximum absolute atomic E-state index is 11.9. The number of nitrogens with zero attached hydrogens (tertiary/aromatic N) is 1. The minimum absolute atomic E-state index is 0.0577. The highest BCUT2D eigenvalue weighted by molar-refractivity contribution is 7.99. The molecule has 2 fully saturated rings. The van der Waals surface area contributed by atoms with E-state index >= 15 is 0 Å². The molecule has 6 heteroatoms. The molecule has 0 aliphatic heterocycles. The average molecular weight is 311 g/mol. The molecule has 2 N–H and O–H groups in total. The summed E-state index contributed by atoms with van der Waals surface area (Å²) in [5, 5.41) is 9.99. The summed E-state index contributed by atoms with van der Waals surface area (Å²) in [7, 11) is 0. The maximum atomic E-state index is 11.9. The van der Waals surface area contributed by atoms with Crippen LogP contribution in [-0.4, -0.2) is 28.6 Å². The van der Waals surface area contributed by atoms with Crippen molar-refractivity contribution in [3.05, 3.63) is 16.1 Å². The van der Waals surface area contributed by atoms with Crippen LogP contribution in [0.25, 0.3) is 0 Å². The summed E-state index contributed by atoms with van der Waals surface area (Å²) in [6, 6.07) is 0.280. The molecule has 0 bridgehead atoms. The van der Waals surface area contributed by atoms with Crippen LogP contribution in [0, 0.1) is 0 Å². The number of thioether (sulfide) groups is 1. The van der Waals surface area contributed by atoms with Crippen molar-refractivity contribution in [2.75, 3.05) is 6.26 Å². The van der Waals surface area contributed by atoms with Crippen LogP contribution in [0.5, 0.6) is 0 Å². The number of nitrogens with one attached hydrogen (secondary N) is 2. The van der Waals surface area contributed by atoms with Gasteiger partial charge in [0.25, 0.3) is 0 Å². The lowest BCUT2D eigenvalue weighted by Crippen LogP contribution is -2.40. The lowest BCUT2D eigenvalue weighted by Gasteiger charge is -2.13. The van der Waals surface area contributed by atoms with E-state index in [-0.39, 0.29) is 6.03 Å². The summed E-state index contributed by atoms with van der Waals surface area (Å²) >= 11 is 3.63. The summed E-state index contributed by atoms with van der Waals surface area (Å²) in [6.45, 7) is 0.535.